The van der Waals surface area contributed by atoms with Crippen molar-refractivity contribution in [1.82, 2.24) is 4.98 Å². The fourth-order valence-electron chi connectivity index (χ4n) is 5.29. The van der Waals surface area contributed by atoms with Crippen LogP contribution in [-0.2, 0) is 14.3 Å². The van der Waals surface area contributed by atoms with Crippen molar-refractivity contribution in [3.63, 3.8) is 0 Å². The maximum absolute atomic E-state index is 13.3. The first-order valence-corrected chi connectivity index (χ1v) is 12.7. The maximum Gasteiger partial charge on any atom is 0.309 e. The van der Waals surface area contributed by atoms with Crippen LogP contribution < -0.4 is 0 Å². The van der Waals surface area contributed by atoms with E-state index in [0.717, 1.165) is 18.4 Å². The van der Waals surface area contributed by atoms with Gasteiger partial charge in [0.05, 0.1) is 24.0 Å². The third kappa shape index (κ3) is 6.50. The third-order valence-electron chi connectivity index (χ3n) is 8.00. The number of rotatable bonds is 2. The van der Waals surface area contributed by atoms with Gasteiger partial charge in [-0.15, -0.1) is 0 Å². The van der Waals surface area contributed by atoms with E-state index < -0.39 is 35.6 Å². The SMILES string of the molecule is C/C1=C/C[C@H](/C(C)=C/c2coc(C)n2)OC(=O)C[C@H](O)C(C)(C)C(=O)[C@H](C)[C@@H](O)[C@@H](C)C2CC2C1. The molecule has 0 radical (unpaired) electrons. The lowest BCUT2D eigenvalue weighted by molar-refractivity contribution is -0.154. The van der Waals surface area contributed by atoms with Crippen molar-refractivity contribution in [2.45, 2.75) is 92.5 Å². The molecular formula is C28H41NO6. The lowest BCUT2D eigenvalue weighted by Crippen LogP contribution is -2.46. The predicted octanol–water partition coefficient (Wildman–Crippen LogP) is 4.65. The number of carbonyl (C=O) groups is 2. The molecule has 7 heteroatoms. The zero-order chi connectivity index (χ0) is 26.1. The van der Waals surface area contributed by atoms with Gasteiger partial charge in [-0.25, -0.2) is 4.98 Å². The van der Waals surface area contributed by atoms with Gasteiger partial charge in [-0.1, -0.05) is 39.3 Å². The van der Waals surface area contributed by atoms with Gasteiger partial charge in [0.2, 0.25) is 0 Å². The van der Waals surface area contributed by atoms with Gasteiger partial charge in [-0.05, 0) is 56.1 Å². The normalized spacial score (nSPS) is 36.7. The number of carbonyl (C=O) groups excluding carboxylic acids is 2. The second kappa shape index (κ2) is 10.8. The topological polar surface area (TPSA) is 110 Å². The number of ether oxygens (including phenoxy) is 1. The highest BCUT2D eigenvalue weighted by Crippen LogP contribution is 2.50. The molecule has 0 saturated heterocycles. The van der Waals surface area contributed by atoms with Gasteiger partial charge in [-0.3, -0.25) is 9.59 Å². The molecule has 2 aliphatic rings. The zero-order valence-electron chi connectivity index (χ0n) is 22.1. The molecule has 1 aliphatic carbocycles. The number of hydrogen-bond acceptors (Lipinski definition) is 7. The van der Waals surface area contributed by atoms with Gasteiger partial charge in [0.25, 0.3) is 0 Å². The van der Waals surface area contributed by atoms with E-state index in [1.807, 2.05) is 19.9 Å². The molecular weight excluding hydrogens is 446 g/mol. The lowest BCUT2D eigenvalue weighted by atomic mass is 9.72. The summed E-state index contributed by atoms with van der Waals surface area (Å²) in [7, 11) is 0. The summed E-state index contributed by atoms with van der Waals surface area (Å²) < 4.78 is 11.1. The van der Waals surface area contributed by atoms with Gasteiger partial charge in [0.15, 0.2) is 5.89 Å². The first-order valence-electron chi connectivity index (χ1n) is 12.7. The second-order valence-corrected chi connectivity index (χ2v) is 11.3. The Morgan fingerprint density at radius 2 is 1.86 bits per heavy atom. The van der Waals surface area contributed by atoms with Crippen LogP contribution in [0.1, 0.15) is 78.8 Å². The number of oxazole rings is 1. The van der Waals surface area contributed by atoms with Crippen LogP contribution in [0.5, 0.6) is 0 Å². The molecule has 35 heavy (non-hydrogen) atoms. The van der Waals surface area contributed by atoms with Crippen molar-refractivity contribution < 1.29 is 29.0 Å². The molecule has 7 atom stereocenters. The molecule has 1 aromatic rings. The first kappa shape index (κ1) is 27.3. The average molecular weight is 488 g/mol. The number of aromatic nitrogens is 1. The molecule has 0 amide bonds. The molecule has 3 rings (SSSR count). The van der Waals surface area contributed by atoms with Crippen LogP contribution in [0.4, 0.5) is 0 Å². The molecule has 0 spiro atoms. The van der Waals surface area contributed by atoms with E-state index in [4.69, 9.17) is 9.15 Å². The largest absolute Gasteiger partial charge is 0.457 e. The van der Waals surface area contributed by atoms with Crippen LogP contribution in [-0.4, -0.2) is 45.3 Å². The molecule has 0 bridgehead atoms. The van der Waals surface area contributed by atoms with Gasteiger partial charge in [-0.2, -0.15) is 0 Å². The number of hydrogen-bond donors (Lipinski definition) is 2. The smallest absolute Gasteiger partial charge is 0.309 e. The molecule has 194 valence electrons. The number of aliphatic hydroxyl groups excluding tert-OH is 2. The molecule has 0 aromatic carbocycles. The number of aryl methyl sites for hydroxylation is 1. The average Bonchev–Trinajstić information content (AvgIpc) is 3.43. The first-order chi connectivity index (χ1) is 16.3. The van der Waals surface area contributed by atoms with Crippen LogP contribution in [0.15, 0.2) is 27.9 Å². The Morgan fingerprint density at radius 3 is 2.49 bits per heavy atom. The monoisotopic (exact) mass is 487 g/mol. The summed E-state index contributed by atoms with van der Waals surface area (Å²) in [6.45, 7) is 12.7. The van der Waals surface area contributed by atoms with E-state index in [1.54, 1.807) is 34.0 Å². The predicted molar refractivity (Wildman–Crippen MR) is 133 cm³/mol. The fourth-order valence-corrected chi connectivity index (χ4v) is 5.29. The van der Waals surface area contributed by atoms with Crippen molar-refractivity contribution in [3.05, 3.63) is 35.1 Å². The van der Waals surface area contributed by atoms with Crippen LogP contribution in [0.2, 0.25) is 0 Å². The van der Waals surface area contributed by atoms with Gasteiger partial charge in [0, 0.05) is 19.3 Å². The number of aliphatic hydroxyl groups is 2. The minimum Gasteiger partial charge on any atom is -0.457 e. The molecule has 2 heterocycles. The Kier molecular flexibility index (Phi) is 8.43. The highest BCUT2D eigenvalue weighted by atomic mass is 16.5. The summed E-state index contributed by atoms with van der Waals surface area (Å²) in [5.74, 6) is -0.0734. The highest BCUT2D eigenvalue weighted by Gasteiger charge is 2.47. The van der Waals surface area contributed by atoms with Gasteiger partial charge >= 0.3 is 5.97 Å². The lowest BCUT2D eigenvalue weighted by Gasteiger charge is -2.34. The van der Waals surface area contributed by atoms with Crippen LogP contribution in [0.25, 0.3) is 6.08 Å². The molecule has 2 N–H and O–H groups in total. The maximum atomic E-state index is 13.3. The summed E-state index contributed by atoms with van der Waals surface area (Å²) >= 11 is 0. The molecule has 2 unspecified atom stereocenters. The number of cyclic esters (lactones) is 1. The number of nitrogens with zero attached hydrogens (tertiary/aromatic N) is 1. The Balaban J connectivity index is 1.89. The second-order valence-electron chi connectivity index (χ2n) is 11.3. The van der Waals surface area contributed by atoms with E-state index in [9.17, 15) is 19.8 Å². The third-order valence-corrected chi connectivity index (χ3v) is 8.00. The zero-order valence-corrected chi connectivity index (χ0v) is 22.1. The Morgan fingerprint density at radius 1 is 1.17 bits per heavy atom. The number of fused-ring (bicyclic) bond motifs is 1. The van der Waals surface area contributed by atoms with Crippen LogP contribution in [0, 0.1) is 36.0 Å². The van der Waals surface area contributed by atoms with Gasteiger partial charge in [0.1, 0.15) is 23.8 Å². The molecule has 1 aliphatic heterocycles. The van der Waals surface area contributed by atoms with Crippen molar-refractivity contribution in [3.8, 4) is 0 Å². The molecule has 1 fully saturated rings. The molecule has 7 nitrogen and oxygen atoms in total. The van der Waals surface area contributed by atoms with Crippen molar-refractivity contribution in [2.75, 3.05) is 0 Å². The van der Waals surface area contributed by atoms with Crippen molar-refractivity contribution in [2.24, 2.45) is 29.1 Å². The highest BCUT2D eigenvalue weighted by molar-refractivity contribution is 5.88. The Hall–Kier alpha value is -2.25. The van der Waals surface area contributed by atoms with E-state index in [1.165, 1.54) is 5.57 Å². The number of allylic oxidation sites excluding steroid dienone is 1. The van der Waals surface area contributed by atoms with Crippen molar-refractivity contribution >= 4 is 17.8 Å². The number of Topliss-reactive ketones (excluding diaryl/α,β-unsaturated/α-hetero) is 1. The Bertz CT molecular complexity index is 989. The number of esters is 1. The molecule has 1 aromatic heterocycles. The minimum atomic E-state index is -1.23. The van der Waals surface area contributed by atoms with E-state index in [0.29, 0.717) is 29.8 Å². The Labute approximate surface area is 208 Å². The van der Waals surface area contributed by atoms with Crippen LogP contribution >= 0.6 is 0 Å². The van der Waals surface area contributed by atoms with Crippen LogP contribution in [0.3, 0.4) is 0 Å². The number of ketones is 1. The quantitative estimate of drug-likeness (QED) is 0.461. The minimum absolute atomic E-state index is 0.0126. The summed E-state index contributed by atoms with van der Waals surface area (Å²) in [5.41, 5.74) is 1.48. The van der Waals surface area contributed by atoms with E-state index >= 15 is 0 Å². The molecule has 1 saturated carbocycles. The fraction of sp³-hybridized carbons (Fsp3) is 0.679. The van der Waals surface area contributed by atoms with Crippen molar-refractivity contribution in [1.29, 1.82) is 0 Å². The summed E-state index contributed by atoms with van der Waals surface area (Å²) in [5, 5.41) is 21.8. The summed E-state index contributed by atoms with van der Waals surface area (Å²) in [4.78, 5) is 30.4. The van der Waals surface area contributed by atoms with E-state index in [2.05, 4.69) is 18.0 Å². The summed E-state index contributed by atoms with van der Waals surface area (Å²) in [6, 6.07) is 0. The van der Waals surface area contributed by atoms with Gasteiger partial charge < -0.3 is 19.4 Å². The summed E-state index contributed by atoms with van der Waals surface area (Å²) in [6.07, 6.45) is 5.10. The van der Waals surface area contributed by atoms with E-state index in [-0.39, 0.29) is 18.1 Å². The standard InChI is InChI=1S/C28H41NO6/c1-15-8-9-23(16(2)11-21-14-34-19(5)29-21)35-25(31)13-24(30)28(6,7)27(33)18(4)26(32)17(3)22-12-20(22)10-15/h8,11,14,17-18,20,22-24,26,30,32H,9-10,12-13H2,1-7H3/b15-8-,16-11+/t17-,18+,20?,22?,23+,24-,26-/m0/s1.